The molecule has 2 aromatic rings. The number of hydrogen-bond donors (Lipinski definition) is 1. The number of aryl methyl sites for hydroxylation is 3. The standard InChI is InChI=1S/C15H21N3/c1-12-4-5-15(13(2)8-12)10-16-7-6-14-9-17-18(3)11-14/h4-5,8-9,11,16H,6-7,10H2,1-3H3. The van der Waals surface area contributed by atoms with Gasteiger partial charge >= 0.3 is 0 Å². The van der Waals surface area contributed by atoms with Crippen LogP contribution in [0.15, 0.2) is 30.6 Å². The van der Waals surface area contributed by atoms with Gasteiger partial charge in [-0.3, -0.25) is 4.68 Å². The molecule has 0 atom stereocenters. The SMILES string of the molecule is Cc1ccc(CNCCc2cnn(C)c2)c(C)c1. The van der Waals surface area contributed by atoms with Crippen LogP contribution in [0.2, 0.25) is 0 Å². The summed E-state index contributed by atoms with van der Waals surface area (Å²) in [4.78, 5) is 0. The number of nitrogens with zero attached hydrogens (tertiary/aromatic N) is 2. The number of aromatic nitrogens is 2. The molecule has 96 valence electrons. The van der Waals surface area contributed by atoms with Crippen LogP contribution in [0.3, 0.4) is 0 Å². The molecule has 1 N–H and O–H groups in total. The van der Waals surface area contributed by atoms with Gasteiger partial charge in [0.15, 0.2) is 0 Å². The second-order valence-electron chi connectivity index (χ2n) is 4.88. The summed E-state index contributed by atoms with van der Waals surface area (Å²) in [6.07, 6.45) is 5.02. The molecule has 0 radical (unpaired) electrons. The van der Waals surface area contributed by atoms with Crippen molar-refractivity contribution in [3.63, 3.8) is 0 Å². The highest BCUT2D eigenvalue weighted by molar-refractivity contribution is 5.30. The lowest BCUT2D eigenvalue weighted by Crippen LogP contribution is -2.17. The van der Waals surface area contributed by atoms with Crippen LogP contribution in [-0.2, 0) is 20.0 Å². The number of rotatable bonds is 5. The monoisotopic (exact) mass is 243 g/mol. The molecule has 1 aromatic heterocycles. The van der Waals surface area contributed by atoms with Crippen LogP contribution in [-0.4, -0.2) is 16.3 Å². The van der Waals surface area contributed by atoms with Crippen molar-refractivity contribution in [2.45, 2.75) is 26.8 Å². The van der Waals surface area contributed by atoms with E-state index in [1.807, 2.05) is 17.9 Å². The molecular formula is C15H21N3. The second kappa shape index (κ2) is 5.83. The van der Waals surface area contributed by atoms with Crippen molar-refractivity contribution in [2.75, 3.05) is 6.54 Å². The highest BCUT2D eigenvalue weighted by Crippen LogP contribution is 2.10. The highest BCUT2D eigenvalue weighted by atomic mass is 15.2. The van der Waals surface area contributed by atoms with E-state index < -0.39 is 0 Å². The zero-order valence-corrected chi connectivity index (χ0v) is 11.4. The van der Waals surface area contributed by atoms with Crippen molar-refractivity contribution in [3.8, 4) is 0 Å². The summed E-state index contributed by atoms with van der Waals surface area (Å²) < 4.78 is 1.85. The van der Waals surface area contributed by atoms with E-state index >= 15 is 0 Å². The van der Waals surface area contributed by atoms with Gasteiger partial charge < -0.3 is 5.32 Å². The summed E-state index contributed by atoms with van der Waals surface area (Å²) in [5, 5.41) is 7.65. The smallest absolute Gasteiger partial charge is 0.0522 e. The van der Waals surface area contributed by atoms with Gasteiger partial charge in [-0.05, 0) is 43.5 Å². The Morgan fingerprint density at radius 3 is 2.78 bits per heavy atom. The van der Waals surface area contributed by atoms with Crippen molar-refractivity contribution in [3.05, 3.63) is 52.8 Å². The van der Waals surface area contributed by atoms with Crippen molar-refractivity contribution in [1.29, 1.82) is 0 Å². The van der Waals surface area contributed by atoms with E-state index in [4.69, 9.17) is 0 Å². The van der Waals surface area contributed by atoms with Crippen molar-refractivity contribution in [1.82, 2.24) is 15.1 Å². The normalized spacial score (nSPS) is 10.8. The Labute approximate surface area is 109 Å². The molecule has 0 amide bonds. The van der Waals surface area contributed by atoms with Gasteiger partial charge in [0.1, 0.15) is 0 Å². The van der Waals surface area contributed by atoms with E-state index in [9.17, 15) is 0 Å². The van der Waals surface area contributed by atoms with E-state index in [1.165, 1.54) is 22.3 Å². The van der Waals surface area contributed by atoms with Crippen LogP contribution in [0.5, 0.6) is 0 Å². The summed E-state index contributed by atoms with van der Waals surface area (Å²) in [7, 11) is 1.95. The summed E-state index contributed by atoms with van der Waals surface area (Å²) in [6.45, 7) is 6.23. The Bertz CT molecular complexity index is 514. The molecule has 0 bridgehead atoms. The lowest BCUT2D eigenvalue weighted by Gasteiger charge is -2.08. The van der Waals surface area contributed by atoms with Crippen LogP contribution in [0.1, 0.15) is 22.3 Å². The minimum Gasteiger partial charge on any atom is -0.312 e. The molecule has 0 saturated carbocycles. The maximum absolute atomic E-state index is 4.17. The third-order valence-electron chi connectivity index (χ3n) is 3.16. The Hall–Kier alpha value is -1.61. The molecule has 18 heavy (non-hydrogen) atoms. The van der Waals surface area contributed by atoms with Crippen molar-refractivity contribution in [2.24, 2.45) is 7.05 Å². The number of hydrogen-bond acceptors (Lipinski definition) is 2. The molecule has 0 unspecified atom stereocenters. The van der Waals surface area contributed by atoms with Gasteiger partial charge in [-0.1, -0.05) is 23.8 Å². The van der Waals surface area contributed by atoms with Crippen LogP contribution in [0, 0.1) is 13.8 Å². The lowest BCUT2D eigenvalue weighted by atomic mass is 10.1. The van der Waals surface area contributed by atoms with Crippen molar-refractivity contribution >= 4 is 0 Å². The number of benzene rings is 1. The molecule has 0 fully saturated rings. The first-order chi connectivity index (χ1) is 8.65. The molecule has 0 aliphatic rings. The molecule has 3 heteroatoms. The summed E-state index contributed by atoms with van der Waals surface area (Å²) >= 11 is 0. The quantitative estimate of drug-likeness (QED) is 0.817. The van der Waals surface area contributed by atoms with Gasteiger partial charge in [-0.2, -0.15) is 5.10 Å². The first-order valence-corrected chi connectivity index (χ1v) is 6.39. The Kier molecular flexibility index (Phi) is 4.15. The molecule has 0 aliphatic heterocycles. The van der Waals surface area contributed by atoms with Crippen LogP contribution < -0.4 is 5.32 Å². The van der Waals surface area contributed by atoms with Gasteiger partial charge in [0, 0.05) is 19.8 Å². The molecule has 3 nitrogen and oxygen atoms in total. The highest BCUT2D eigenvalue weighted by Gasteiger charge is 1.99. The average molecular weight is 243 g/mol. The summed E-state index contributed by atoms with van der Waals surface area (Å²) in [6, 6.07) is 6.62. The first-order valence-electron chi connectivity index (χ1n) is 6.39. The van der Waals surface area contributed by atoms with Crippen molar-refractivity contribution < 1.29 is 0 Å². The average Bonchev–Trinajstić information content (AvgIpc) is 2.73. The van der Waals surface area contributed by atoms with Gasteiger partial charge in [0.05, 0.1) is 6.20 Å². The van der Waals surface area contributed by atoms with Crippen LogP contribution in [0.25, 0.3) is 0 Å². The van der Waals surface area contributed by atoms with E-state index in [0.717, 1.165) is 19.5 Å². The van der Waals surface area contributed by atoms with Crippen LogP contribution >= 0.6 is 0 Å². The van der Waals surface area contributed by atoms with Crippen LogP contribution in [0.4, 0.5) is 0 Å². The summed E-state index contributed by atoms with van der Waals surface area (Å²) in [5.41, 5.74) is 5.35. The minimum atomic E-state index is 0.937. The molecule has 1 heterocycles. The van der Waals surface area contributed by atoms with Gasteiger partial charge in [0.25, 0.3) is 0 Å². The summed E-state index contributed by atoms with van der Waals surface area (Å²) in [5.74, 6) is 0. The molecule has 1 aromatic carbocycles. The Balaban J connectivity index is 1.78. The molecule has 0 spiro atoms. The second-order valence-corrected chi connectivity index (χ2v) is 4.88. The zero-order valence-electron chi connectivity index (χ0n) is 11.4. The Morgan fingerprint density at radius 2 is 2.11 bits per heavy atom. The maximum atomic E-state index is 4.17. The number of nitrogens with one attached hydrogen (secondary N) is 1. The minimum absolute atomic E-state index is 0.937. The maximum Gasteiger partial charge on any atom is 0.0522 e. The Morgan fingerprint density at radius 1 is 1.28 bits per heavy atom. The van der Waals surface area contributed by atoms with Gasteiger partial charge in [-0.25, -0.2) is 0 Å². The third kappa shape index (κ3) is 3.44. The zero-order chi connectivity index (χ0) is 13.0. The topological polar surface area (TPSA) is 29.9 Å². The van der Waals surface area contributed by atoms with Gasteiger partial charge in [-0.15, -0.1) is 0 Å². The van der Waals surface area contributed by atoms with E-state index in [1.54, 1.807) is 0 Å². The van der Waals surface area contributed by atoms with E-state index in [2.05, 4.69) is 48.7 Å². The molecule has 2 rings (SSSR count). The first kappa shape index (κ1) is 12.8. The third-order valence-corrected chi connectivity index (χ3v) is 3.16. The van der Waals surface area contributed by atoms with E-state index in [-0.39, 0.29) is 0 Å². The molecule has 0 saturated heterocycles. The largest absolute Gasteiger partial charge is 0.312 e. The fraction of sp³-hybridized carbons (Fsp3) is 0.400. The predicted octanol–water partition coefficient (Wildman–Crippen LogP) is 2.37. The fourth-order valence-corrected chi connectivity index (χ4v) is 2.10. The molecular weight excluding hydrogens is 222 g/mol. The molecule has 0 aliphatic carbocycles. The van der Waals surface area contributed by atoms with E-state index in [0.29, 0.717) is 0 Å². The predicted molar refractivity (Wildman–Crippen MR) is 74.5 cm³/mol. The fourth-order valence-electron chi connectivity index (χ4n) is 2.10. The van der Waals surface area contributed by atoms with Gasteiger partial charge in [0.2, 0.25) is 0 Å². The lowest BCUT2D eigenvalue weighted by molar-refractivity contribution is 0.684.